The Labute approximate surface area is 144 Å². The summed E-state index contributed by atoms with van der Waals surface area (Å²) in [5, 5.41) is 6.15. The highest BCUT2D eigenvalue weighted by atomic mass is 19.1. The topological polar surface area (TPSA) is 50.7 Å². The molecule has 0 aliphatic heterocycles. The molecule has 3 aromatic carbocycles. The molecule has 0 bridgehead atoms. The summed E-state index contributed by atoms with van der Waals surface area (Å²) < 4.78 is 12.8. The summed E-state index contributed by atoms with van der Waals surface area (Å²) in [6, 6.07) is 23.0. The van der Waals surface area contributed by atoms with Crippen LogP contribution in [0, 0.1) is 5.82 Å². The van der Waals surface area contributed by atoms with E-state index in [1.807, 2.05) is 42.5 Å². The molecule has 0 saturated heterocycles. The Morgan fingerprint density at radius 3 is 2.20 bits per heavy atom. The Morgan fingerprint density at radius 1 is 0.880 bits per heavy atom. The van der Waals surface area contributed by atoms with Crippen molar-refractivity contribution in [3.63, 3.8) is 0 Å². The van der Waals surface area contributed by atoms with Crippen molar-refractivity contribution >= 4 is 18.0 Å². The molecule has 0 unspecified atom stereocenters. The molecule has 0 fully saturated rings. The average Bonchev–Trinajstić information content (AvgIpc) is 2.65. The molecule has 3 aromatic rings. The van der Waals surface area contributed by atoms with Crippen LogP contribution in [0.15, 0.2) is 84.0 Å². The van der Waals surface area contributed by atoms with Gasteiger partial charge in [-0.25, -0.2) is 9.18 Å². The van der Waals surface area contributed by atoms with Gasteiger partial charge >= 0.3 is 6.09 Å². The molecule has 0 spiro atoms. The van der Waals surface area contributed by atoms with Gasteiger partial charge in [-0.05, 0) is 41.0 Å². The fourth-order valence-electron chi connectivity index (χ4n) is 2.20. The first kappa shape index (κ1) is 16.4. The highest BCUT2D eigenvalue weighted by molar-refractivity contribution is 5.86. The fraction of sp³-hybridized carbons (Fsp3) is 0. The van der Waals surface area contributed by atoms with Gasteiger partial charge in [0.2, 0.25) is 0 Å². The third-order valence-electron chi connectivity index (χ3n) is 3.45. The Hall–Kier alpha value is -3.47. The van der Waals surface area contributed by atoms with Crippen molar-refractivity contribution in [2.24, 2.45) is 5.16 Å². The van der Waals surface area contributed by atoms with Gasteiger partial charge in [-0.2, -0.15) is 0 Å². The predicted molar refractivity (Wildman–Crippen MR) is 96.0 cm³/mol. The zero-order valence-corrected chi connectivity index (χ0v) is 13.2. The standard InChI is InChI=1S/C20H15FN2O2/c21-18-10-6-15(7-11-18)14-22-25-20(24)23-19-12-8-17(9-13-19)16-4-2-1-3-5-16/h1-14H,(H,23,24). The third kappa shape index (κ3) is 4.75. The second-order valence-corrected chi connectivity index (χ2v) is 5.23. The van der Waals surface area contributed by atoms with Gasteiger partial charge in [0.25, 0.3) is 0 Å². The summed E-state index contributed by atoms with van der Waals surface area (Å²) in [5.41, 5.74) is 3.37. The van der Waals surface area contributed by atoms with Crippen LogP contribution in [-0.2, 0) is 4.84 Å². The van der Waals surface area contributed by atoms with E-state index in [-0.39, 0.29) is 5.82 Å². The Balaban J connectivity index is 1.55. The SMILES string of the molecule is O=C(Nc1ccc(-c2ccccc2)cc1)ON=Cc1ccc(F)cc1. The number of nitrogens with one attached hydrogen (secondary N) is 1. The summed E-state index contributed by atoms with van der Waals surface area (Å²) in [4.78, 5) is 16.4. The second-order valence-electron chi connectivity index (χ2n) is 5.23. The van der Waals surface area contributed by atoms with Crippen molar-refractivity contribution in [2.45, 2.75) is 0 Å². The van der Waals surface area contributed by atoms with Gasteiger partial charge < -0.3 is 0 Å². The maximum Gasteiger partial charge on any atom is 0.437 e. The van der Waals surface area contributed by atoms with Crippen molar-refractivity contribution in [2.75, 3.05) is 5.32 Å². The number of nitrogens with zero attached hydrogens (tertiary/aromatic N) is 1. The summed E-state index contributed by atoms with van der Waals surface area (Å²) >= 11 is 0. The summed E-state index contributed by atoms with van der Waals surface area (Å²) in [7, 11) is 0. The van der Waals surface area contributed by atoms with E-state index in [0.717, 1.165) is 11.1 Å². The number of halogens is 1. The average molecular weight is 334 g/mol. The maximum atomic E-state index is 12.8. The van der Waals surface area contributed by atoms with E-state index in [1.165, 1.54) is 30.5 Å². The minimum absolute atomic E-state index is 0.338. The summed E-state index contributed by atoms with van der Waals surface area (Å²) in [6.07, 6.45) is 0.628. The number of benzene rings is 3. The lowest BCUT2D eigenvalue weighted by atomic mass is 10.1. The molecule has 0 aliphatic rings. The number of hydrogen-bond acceptors (Lipinski definition) is 3. The number of amides is 1. The Kier molecular flexibility index (Phi) is 5.16. The minimum atomic E-state index is -0.703. The van der Waals surface area contributed by atoms with E-state index in [1.54, 1.807) is 12.1 Å². The van der Waals surface area contributed by atoms with Gasteiger partial charge in [-0.15, -0.1) is 0 Å². The molecule has 0 heterocycles. The molecule has 4 nitrogen and oxygen atoms in total. The van der Waals surface area contributed by atoms with E-state index >= 15 is 0 Å². The minimum Gasteiger partial charge on any atom is -0.298 e. The van der Waals surface area contributed by atoms with Crippen LogP contribution in [-0.4, -0.2) is 12.3 Å². The second kappa shape index (κ2) is 7.88. The number of hydrogen-bond donors (Lipinski definition) is 1. The fourth-order valence-corrected chi connectivity index (χ4v) is 2.20. The lowest BCUT2D eigenvalue weighted by Gasteiger charge is -2.05. The van der Waals surface area contributed by atoms with Gasteiger partial charge in [0.15, 0.2) is 0 Å². The van der Waals surface area contributed by atoms with Crippen molar-refractivity contribution < 1.29 is 14.0 Å². The molecular weight excluding hydrogens is 319 g/mol. The van der Waals surface area contributed by atoms with Crippen molar-refractivity contribution in [1.82, 2.24) is 0 Å². The first-order chi connectivity index (χ1) is 12.2. The number of carbonyl (C=O) groups is 1. The summed E-state index contributed by atoms with van der Waals surface area (Å²) in [5.74, 6) is -0.338. The third-order valence-corrected chi connectivity index (χ3v) is 3.45. The van der Waals surface area contributed by atoms with Crippen LogP contribution in [0.5, 0.6) is 0 Å². The largest absolute Gasteiger partial charge is 0.437 e. The lowest BCUT2D eigenvalue weighted by molar-refractivity contribution is 0.167. The van der Waals surface area contributed by atoms with Gasteiger partial charge in [0, 0.05) is 5.69 Å². The monoisotopic (exact) mass is 334 g/mol. The first-order valence-corrected chi connectivity index (χ1v) is 7.63. The molecule has 1 amide bonds. The molecule has 1 N–H and O–H groups in total. The highest BCUT2D eigenvalue weighted by Crippen LogP contribution is 2.21. The zero-order valence-electron chi connectivity index (χ0n) is 13.2. The van der Waals surface area contributed by atoms with Crippen molar-refractivity contribution in [3.05, 3.63) is 90.2 Å². The quantitative estimate of drug-likeness (QED) is 0.411. The Morgan fingerprint density at radius 2 is 1.52 bits per heavy atom. The zero-order chi connectivity index (χ0) is 17.5. The molecule has 0 radical (unpaired) electrons. The molecule has 25 heavy (non-hydrogen) atoms. The van der Waals surface area contributed by atoms with Crippen LogP contribution in [0.4, 0.5) is 14.9 Å². The van der Waals surface area contributed by atoms with Crippen molar-refractivity contribution in [3.8, 4) is 11.1 Å². The first-order valence-electron chi connectivity index (χ1n) is 7.63. The molecule has 124 valence electrons. The molecule has 5 heteroatoms. The van der Waals surface area contributed by atoms with Crippen LogP contribution in [0.2, 0.25) is 0 Å². The number of anilines is 1. The lowest BCUT2D eigenvalue weighted by Crippen LogP contribution is -2.10. The smallest absolute Gasteiger partial charge is 0.298 e. The van der Waals surface area contributed by atoms with E-state index < -0.39 is 6.09 Å². The Bertz CT molecular complexity index is 860. The van der Waals surface area contributed by atoms with E-state index in [4.69, 9.17) is 4.84 Å². The van der Waals surface area contributed by atoms with Gasteiger partial charge in [-0.3, -0.25) is 10.2 Å². The van der Waals surface area contributed by atoms with Gasteiger partial charge in [-0.1, -0.05) is 59.8 Å². The predicted octanol–water partition coefficient (Wildman–Crippen LogP) is 5.08. The molecular formula is C20H15FN2O2. The van der Waals surface area contributed by atoms with E-state index in [9.17, 15) is 9.18 Å². The van der Waals surface area contributed by atoms with Gasteiger partial charge in [0.1, 0.15) is 5.82 Å². The van der Waals surface area contributed by atoms with Crippen LogP contribution in [0.25, 0.3) is 11.1 Å². The molecule has 0 saturated carbocycles. The number of oxime groups is 1. The normalized spacial score (nSPS) is 10.6. The maximum absolute atomic E-state index is 12.8. The van der Waals surface area contributed by atoms with E-state index in [2.05, 4.69) is 10.5 Å². The molecule has 0 aromatic heterocycles. The van der Waals surface area contributed by atoms with Crippen molar-refractivity contribution in [1.29, 1.82) is 0 Å². The molecule has 3 rings (SSSR count). The van der Waals surface area contributed by atoms with Crippen LogP contribution in [0.3, 0.4) is 0 Å². The van der Waals surface area contributed by atoms with Gasteiger partial charge in [0.05, 0.1) is 6.21 Å². The molecule has 0 atom stereocenters. The highest BCUT2D eigenvalue weighted by Gasteiger charge is 2.03. The van der Waals surface area contributed by atoms with Crippen LogP contribution >= 0.6 is 0 Å². The van der Waals surface area contributed by atoms with Crippen LogP contribution < -0.4 is 5.32 Å². The summed E-state index contributed by atoms with van der Waals surface area (Å²) in [6.45, 7) is 0. The molecule has 0 aliphatic carbocycles. The number of carbonyl (C=O) groups excluding carboxylic acids is 1. The number of rotatable bonds is 4. The van der Waals surface area contributed by atoms with Crippen LogP contribution in [0.1, 0.15) is 5.56 Å². The van der Waals surface area contributed by atoms with E-state index in [0.29, 0.717) is 11.3 Å².